The minimum atomic E-state index is -3.36. The second kappa shape index (κ2) is 9.46. The van der Waals surface area contributed by atoms with Gasteiger partial charge in [0.25, 0.3) is 0 Å². The highest BCUT2D eigenvalue weighted by Gasteiger charge is 2.24. The SMILES string of the molecule is CN1CCN(C(CNS(=O)(=O)Cc2ccccc2)Cc2ccccc2)CC1. The molecule has 1 unspecified atom stereocenters. The predicted octanol–water partition coefficient (Wildman–Crippen LogP) is 1.96. The maximum absolute atomic E-state index is 12.6. The van der Waals surface area contributed by atoms with Crippen LogP contribution in [0.3, 0.4) is 0 Å². The number of hydrogen-bond acceptors (Lipinski definition) is 4. The summed E-state index contributed by atoms with van der Waals surface area (Å²) in [5.74, 6) is 0.0225. The van der Waals surface area contributed by atoms with Crippen molar-refractivity contribution in [3.8, 4) is 0 Å². The van der Waals surface area contributed by atoms with E-state index in [1.807, 2.05) is 48.5 Å². The molecule has 0 amide bonds. The van der Waals surface area contributed by atoms with E-state index in [2.05, 4.69) is 33.7 Å². The molecule has 1 aliphatic rings. The van der Waals surface area contributed by atoms with Crippen LogP contribution >= 0.6 is 0 Å². The van der Waals surface area contributed by atoms with Crippen molar-refractivity contribution in [2.75, 3.05) is 39.8 Å². The van der Waals surface area contributed by atoms with E-state index >= 15 is 0 Å². The fraction of sp³-hybridized carbons (Fsp3) is 0.429. The van der Waals surface area contributed by atoms with Crippen LogP contribution in [0.4, 0.5) is 0 Å². The van der Waals surface area contributed by atoms with E-state index in [9.17, 15) is 8.42 Å². The van der Waals surface area contributed by atoms with Crippen molar-refractivity contribution in [1.29, 1.82) is 0 Å². The highest BCUT2D eigenvalue weighted by Crippen LogP contribution is 2.12. The zero-order valence-corrected chi connectivity index (χ0v) is 16.7. The first-order chi connectivity index (χ1) is 13.0. The van der Waals surface area contributed by atoms with E-state index in [1.54, 1.807) is 0 Å². The van der Waals surface area contributed by atoms with E-state index in [0.717, 1.165) is 38.2 Å². The zero-order chi connectivity index (χ0) is 19.1. The van der Waals surface area contributed by atoms with E-state index in [4.69, 9.17) is 0 Å². The first-order valence-corrected chi connectivity index (χ1v) is 11.1. The topological polar surface area (TPSA) is 52.6 Å². The minimum Gasteiger partial charge on any atom is -0.304 e. The molecule has 1 aliphatic heterocycles. The third kappa shape index (κ3) is 6.43. The lowest BCUT2D eigenvalue weighted by atomic mass is 10.0. The average Bonchev–Trinajstić information content (AvgIpc) is 2.67. The Morgan fingerprint density at radius 1 is 0.889 bits per heavy atom. The third-order valence-corrected chi connectivity index (χ3v) is 6.43. The van der Waals surface area contributed by atoms with E-state index < -0.39 is 10.0 Å². The van der Waals surface area contributed by atoms with Gasteiger partial charge in [-0.05, 0) is 24.6 Å². The second-order valence-corrected chi connectivity index (χ2v) is 9.08. The average molecular weight is 388 g/mol. The van der Waals surface area contributed by atoms with Crippen molar-refractivity contribution in [2.45, 2.75) is 18.2 Å². The van der Waals surface area contributed by atoms with Crippen LogP contribution in [0.1, 0.15) is 11.1 Å². The molecule has 1 atom stereocenters. The van der Waals surface area contributed by atoms with E-state index in [-0.39, 0.29) is 11.8 Å². The maximum Gasteiger partial charge on any atom is 0.215 e. The minimum absolute atomic E-state index is 0.0225. The molecule has 0 bridgehead atoms. The van der Waals surface area contributed by atoms with Crippen LogP contribution in [0.2, 0.25) is 0 Å². The zero-order valence-electron chi connectivity index (χ0n) is 15.9. The van der Waals surface area contributed by atoms with Gasteiger partial charge in [-0.15, -0.1) is 0 Å². The molecule has 1 fully saturated rings. The summed E-state index contributed by atoms with van der Waals surface area (Å²) < 4.78 is 28.0. The lowest BCUT2D eigenvalue weighted by Crippen LogP contribution is -2.53. The Hall–Kier alpha value is -1.73. The Morgan fingerprint density at radius 2 is 1.44 bits per heavy atom. The highest BCUT2D eigenvalue weighted by atomic mass is 32.2. The number of piperazine rings is 1. The van der Waals surface area contributed by atoms with Crippen LogP contribution in [-0.2, 0) is 22.2 Å². The molecule has 5 nitrogen and oxygen atoms in total. The van der Waals surface area contributed by atoms with Crippen LogP contribution < -0.4 is 4.72 Å². The van der Waals surface area contributed by atoms with Gasteiger partial charge >= 0.3 is 0 Å². The number of hydrogen-bond donors (Lipinski definition) is 1. The van der Waals surface area contributed by atoms with Crippen molar-refractivity contribution in [1.82, 2.24) is 14.5 Å². The summed E-state index contributed by atoms with van der Waals surface area (Å²) in [6.07, 6.45) is 0.846. The highest BCUT2D eigenvalue weighted by molar-refractivity contribution is 7.88. The Bertz CT molecular complexity index is 789. The lowest BCUT2D eigenvalue weighted by Gasteiger charge is -2.38. The first kappa shape index (κ1) is 20.0. The molecule has 1 saturated heterocycles. The van der Waals surface area contributed by atoms with Gasteiger partial charge in [0.05, 0.1) is 5.75 Å². The predicted molar refractivity (Wildman–Crippen MR) is 110 cm³/mol. The molecule has 1 heterocycles. The molecule has 0 saturated carbocycles. The van der Waals surface area contributed by atoms with E-state index in [0.29, 0.717) is 6.54 Å². The van der Waals surface area contributed by atoms with Crippen LogP contribution in [-0.4, -0.2) is 64.0 Å². The van der Waals surface area contributed by atoms with Gasteiger partial charge < -0.3 is 4.90 Å². The molecule has 3 rings (SSSR count). The van der Waals surface area contributed by atoms with Gasteiger partial charge in [-0.3, -0.25) is 4.90 Å². The van der Waals surface area contributed by atoms with Crippen LogP contribution in [0.25, 0.3) is 0 Å². The number of sulfonamides is 1. The number of nitrogens with one attached hydrogen (secondary N) is 1. The third-order valence-electron chi connectivity index (χ3n) is 5.11. The van der Waals surface area contributed by atoms with Crippen molar-refractivity contribution in [2.24, 2.45) is 0 Å². The van der Waals surface area contributed by atoms with Gasteiger partial charge in [-0.1, -0.05) is 60.7 Å². The van der Waals surface area contributed by atoms with Gasteiger partial charge in [0.2, 0.25) is 10.0 Å². The Labute approximate surface area is 163 Å². The summed E-state index contributed by atoms with van der Waals surface area (Å²) in [5.41, 5.74) is 2.05. The number of likely N-dealkylation sites (N-methyl/N-ethyl adjacent to an activating group) is 1. The number of benzene rings is 2. The molecule has 146 valence electrons. The molecular formula is C21H29N3O2S. The van der Waals surface area contributed by atoms with Crippen molar-refractivity contribution in [3.05, 3.63) is 71.8 Å². The van der Waals surface area contributed by atoms with Gasteiger partial charge in [-0.25, -0.2) is 13.1 Å². The summed E-state index contributed by atoms with van der Waals surface area (Å²) >= 11 is 0. The fourth-order valence-electron chi connectivity index (χ4n) is 3.47. The first-order valence-electron chi connectivity index (χ1n) is 9.49. The summed E-state index contributed by atoms with van der Waals surface area (Å²) in [5, 5.41) is 0. The Morgan fingerprint density at radius 3 is 2.04 bits per heavy atom. The second-order valence-electron chi connectivity index (χ2n) is 7.28. The Kier molecular flexibility index (Phi) is 7.01. The normalized spacial score (nSPS) is 17.7. The maximum atomic E-state index is 12.6. The molecule has 2 aromatic carbocycles. The van der Waals surface area contributed by atoms with Crippen LogP contribution in [0.15, 0.2) is 60.7 Å². The quantitative estimate of drug-likeness (QED) is 0.752. The van der Waals surface area contributed by atoms with Crippen LogP contribution in [0, 0.1) is 0 Å². The number of nitrogens with zero attached hydrogens (tertiary/aromatic N) is 2. The van der Waals surface area contributed by atoms with Gasteiger partial charge in [0.15, 0.2) is 0 Å². The standard InChI is InChI=1S/C21H29N3O2S/c1-23-12-14-24(15-13-23)21(16-19-8-4-2-5-9-19)17-22-27(25,26)18-20-10-6-3-7-11-20/h2-11,21-22H,12-18H2,1H3. The summed E-state index contributed by atoms with van der Waals surface area (Å²) in [7, 11) is -1.23. The lowest BCUT2D eigenvalue weighted by molar-refractivity contribution is 0.112. The largest absolute Gasteiger partial charge is 0.304 e. The molecule has 27 heavy (non-hydrogen) atoms. The molecular weight excluding hydrogens is 358 g/mol. The molecule has 6 heteroatoms. The molecule has 0 spiro atoms. The molecule has 0 aromatic heterocycles. The van der Waals surface area contributed by atoms with Crippen molar-refractivity contribution < 1.29 is 8.42 Å². The molecule has 1 N–H and O–H groups in total. The van der Waals surface area contributed by atoms with Gasteiger partial charge in [-0.2, -0.15) is 0 Å². The summed E-state index contributed by atoms with van der Waals surface area (Å²) in [6.45, 7) is 4.40. The van der Waals surface area contributed by atoms with Crippen molar-refractivity contribution >= 4 is 10.0 Å². The smallest absolute Gasteiger partial charge is 0.215 e. The monoisotopic (exact) mass is 387 g/mol. The van der Waals surface area contributed by atoms with Gasteiger partial charge in [0, 0.05) is 38.8 Å². The van der Waals surface area contributed by atoms with Crippen molar-refractivity contribution in [3.63, 3.8) is 0 Å². The number of rotatable bonds is 8. The fourth-order valence-corrected chi connectivity index (χ4v) is 4.65. The molecule has 2 aromatic rings. The van der Waals surface area contributed by atoms with E-state index in [1.165, 1.54) is 5.56 Å². The molecule has 0 aliphatic carbocycles. The molecule has 0 radical (unpaired) electrons. The van der Waals surface area contributed by atoms with Gasteiger partial charge in [0.1, 0.15) is 0 Å². The summed E-state index contributed by atoms with van der Waals surface area (Å²) in [6, 6.07) is 19.8. The summed E-state index contributed by atoms with van der Waals surface area (Å²) in [4.78, 5) is 4.73. The Balaban J connectivity index is 1.65. The van der Waals surface area contributed by atoms with Crippen LogP contribution in [0.5, 0.6) is 0 Å².